The molecule has 2 nitrogen and oxygen atoms in total. The van der Waals surface area contributed by atoms with E-state index in [-0.39, 0.29) is 10.8 Å². The van der Waals surface area contributed by atoms with Crippen LogP contribution in [-0.2, 0) is 10.8 Å². The predicted molar refractivity (Wildman–Crippen MR) is 236 cm³/mol. The van der Waals surface area contributed by atoms with E-state index in [1.54, 1.807) is 0 Å². The highest BCUT2D eigenvalue weighted by atomic mass is 15.2. The molecule has 270 valence electrons. The van der Waals surface area contributed by atoms with Gasteiger partial charge in [-0.1, -0.05) is 155 Å². The molecule has 2 heteroatoms. The molecule has 56 heavy (non-hydrogen) atoms. The summed E-state index contributed by atoms with van der Waals surface area (Å²) in [5.41, 5.74) is 19.7. The van der Waals surface area contributed by atoms with Gasteiger partial charge in [-0.2, -0.15) is 0 Å². The van der Waals surface area contributed by atoms with Crippen LogP contribution in [-0.4, -0.2) is 0 Å². The fourth-order valence-corrected chi connectivity index (χ4v) is 9.25. The maximum atomic E-state index is 2.49. The van der Waals surface area contributed by atoms with Gasteiger partial charge in [0.1, 0.15) is 0 Å². The minimum atomic E-state index is -0.194. The second-order valence-corrected chi connectivity index (χ2v) is 16.2. The van der Waals surface area contributed by atoms with Gasteiger partial charge in [0.2, 0.25) is 0 Å². The normalized spacial score (nSPS) is 14.3. The molecular weight excluding hydrogens is 677 g/mol. The van der Waals surface area contributed by atoms with Crippen LogP contribution in [0.4, 0.5) is 34.1 Å². The van der Waals surface area contributed by atoms with Crippen LogP contribution >= 0.6 is 0 Å². The first kappa shape index (κ1) is 33.9. The number of anilines is 6. The van der Waals surface area contributed by atoms with E-state index >= 15 is 0 Å². The monoisotopic (exact) mass is 720 g/mol. The molecule has 1 heterocycles. The topological polar surface area (TPSA) is 6.48 Å². The number of hydrogen-bond acceptors (Lipinski definition) is 2. The smallest absolute Gasteiger partial charge is 0.0503 e. The van der Waals surface area contributed by atoms with Crippen molar-refractivity contribution in [2.24, 2.45) is 0 Å². The molecule has 8 aromatic rings. The van der Waals surface area contributed by atoms with E-state index in [0.717, 1.165) is 17.1 Å². The van der Waals surface area contributed by atoms with Crippen LogP contribution < -0.4 is 9.80 Å². The Morgan fingerprint density at radius 2 is 0.821 bits per heavy atom. The molecule has 0 unspecified atom stereocenters. The van der Waals surface area contributed by atoms with Crippen molar-refractivity contribution in [3.63, 3.8) is 0 Å². The van der Waals surface area contributed by atoms with Gasteiger partial charge in [-0.05, 0) is 122 Å². The zero-order valence-corrected chi connectivity index (χ0v) is 32.4. The third kappa shape index (κ3) is 5.39. The highest BCUT2D eigenvalue weighted by Crippen LogP contribution is 2.55. The Morgan fingerprint density at radius 1 is 0.339 bits per heavy atom. The summed E-state index contributed by atoms with van der Waals surface area (Å²) in [5, 5.41) is 0. The summed E-state index contributed by atoms with van der Waals surface area (Å²) < 4.78 is 0. The van der Waals surface area contributed by atoms with E-state index in [0.29, 0.717) is 0 Å². The maximum Gasteiger partial charge on any atom is 0.0503 e. The van der Waals surface area contributed by atoms with Crippen molar-refractivity contribution in [1.82, 2.24) is 0 Å². The average molecular weight is 721 g/mol. The lowest BCUT2D eigenvalue weighted by molar-refractivity contribution is 0.631. The number of para-hydroxylation sites is 2. The number of benzene rings is 8. The molecule has 0 N–H and O–H groups in total. The van der Waals surface area contributed by atoms with Crippen LogP contribution in [0.5, 0.6) is 0 Å². The molecule has 0 saturated carbocycles. The van der Waals surface area contributed by atoms with E-state index in [2.05, 4.69) is 232 Å². The molecular formula is C54H44N2. The number of hydrogen-bond donors (Lipinski definition) is 0. The molecule has 0 aromatic heterocycles. The lowest BCUT2D eigenvalue weighted by atomic mass is 9.72. The third-order valence-electron chi connectivity index (χ3n) is 12.3. The van der Waals surface area contributed by atoms with Gasteiger partial charge in [0.15, 0.2) is 0 Å². The number of fused-ring (bicyclic) bond motifs is 5. The van der Waals surface area contributed by atoms with Crippen LogP contribution in [0.3, 0.4) is 0 Å². The molecule has 0 atom stereocenters. The second kappa shape index (κ2) is 13.0. The molecule has 0 fully saturated rings. The van der Waals surface area contributed by atoms with Gasteiger partial charge in [-0.25, -0.2) is 0 Å². The number of nitrogens with zero attached hydrogens (tertiary/aromatic N) is 2. The molecule has 1 aliphatic carbocycles. The fourth-order valence-electron chi connectivity index (χ4n) is 9.25. The minimum absolute atomic E-state index is 0.0724. The molecule has 0 saturated heterocycles. The van der Waals surface area contributed by atoms with Crippen LogP contribution in [0.25, 0.3) is 33.4 Å². The van der Waals surface area contributed by atoms with E-state index in [1.165, 1.54) is 72.7 Å². The van der Waals surface area contributed by atoms with Gasteiger partial charge < -0.3 is 9.80 Å². The zero-order chi connectivity index (χ0) is 38.0. The van der Waals surface area contributed by atoms with Crippen LogP contribution in [0.15, 0.2) is 194 Å². The van der Waals surface area contributed by atoms with Gasteiger partial charge in [0.25, 0.3) is 0 Å². The van der Waals surface area contributed by atoms with Crippen molar-refractivity contribution in [1.29, 1.82) is 0 Å². The first-order valence-corrected chi connectivity index (χ1v) is 19.7. The summed E-state index contributed by atoms with van der Waals surface area (Å²) >= 11 is 0. The molecule has 0 amide bonds. The third-order valence-corrected chi connectivity index (χ3v) is 12.3. The summed E-state index contributed by atoms with van der Waals surface area (Å²) in [4.78, 5) is 4.82. The Morgan fingerprint density at radius 3 is 1.52 bits per heavy atom. The van der Waals surface area contributed by atoms with Crippen molar-refractivity contribution < 1.29 is 0 Å². The summed E-state index contributed by atoms with van der Waals surface area (Å²) in [6.07, 6.45) is 0. The van der Waals surface area contributed by atoms with Gasteiger partial charge in [-0.15, -0.1) is 0 Å². The van der Waals surface area contributed by atoms with E-state index in [4.69, 9.17) is 0 Å². The lowest BCUT2D eigenvalue weighted by Crippen LogP contribution is -2.30. The largest absolute Gasteiger partial charge is 0.311 e. The Bertz CT molecular complexity index is 2730. The minimum Gasteiger partial charge on any atom is -0.311 e. The van der Waals surface area contributed by atoms with Gasteiger partial charge >= 0.3 is 0 Å². The quantitative estimate of drug-likeness (QED) is 0.169. The van der Waals surface area contributed by atoms with Crippen molar-refractivity contribution in [2.45, 2.75) is 38.5 Å². The van der Waals surface area contributed by atoms with E-state index in [9.17, 15) is 0 Å². The zero-order valence-electron chi connectivity index (χ0n) is 32.4. The molecule has 0 bridgehead atoms. The van der Waals surface area contributed by atoms with Crippen molar-refractivity contribution in [3.05, 3.63) is 216 Å². The first-order chi connectivity index (χ1) is 27.3. The molecule has 8 aromatic carbocycles. The average Bonchev–Trinajstić information content (AvgIpc) is 3.47. The molecule has 2 aliphatic rings. The SMILES string of the molecule is CC1(C)c2ccccc2-c2ccc(N3c4ccccc4C(C)(C)c4cc(-c5ccc(N(c6ccccc6)c6ccc(-c7ccccc7)cc6)cc5)ccc43)cc21. The highest BCUT2D eigenvalue weighted by molar-refractivity contribution is 5.90. The molecule has 1 aliphatic heterocycles. The molecule has 0 spiro atoms. The standard InChI is InChI=1S/C54H44N2/c1-53(2)47-20-12-11-19-45(47)46-33-32-44(36-49(46)53)56-51-22-14-13-21-48(51)54(3,4)50-35-40(27-34-52(50)56)39-25-30-43(31-26-39)55(41-17-9-6-10-18-41)42-28-23-38(24-29-42)37-15-7-5-8-16-37/h5-36H,1-4H3. The second-order valence-electron chi connectivity index (χ2n) is 16.2. The first-order valence-electron chi connectivity index (χ1n) is 19.7. The predicted octanol–water partition coefficient (Wildman–Crippen LogP) is 14.9. The Balaban J connectivity index is 1.03. The highest BCUT2D eigenvalue weighted by Gasteiger charge is 2.39. The Labute approximate surface area is 331 Å². The molecule has 0 radical (unpaired) electrons. The Kier molecular flexibility index (Phi) is 7.87. The van der Waals surface area contributed by atoms with Gasteiger partial charge in [0, 0.05) is 33.6 Å². The maximum absolute atomic E-state index is 2.49. The summed E-state index contributed by atoms with van der Waals surface area (Å²) in [5.74, 6) is 0. The van der Waals surface area contributed by atoms with Crippen LogP contribution in [0, 0.1) is 0 Å². The lowest BCUT2D eigenvalue weighted by Gasteiger charge is -2.42. The van der Waals surface area contributed by atoms with Crippen molar-refractivity contribution in [2.75, 3.05) is 9.80 Å². The van der Waals surface area contributed by atoms with Crippen molar-refractivity contribution in [3.8, 4) is 33.4 Å². The molecule has 10 rings (SSSR count). The van der Waals surface area contributed by atoms with Crippen molar-refractivity contribution >= 4 is 34.1 Å². The summed E-state index contributed by atoms with van der Waals surface area (Å²) in [6.45, 7) is 9.47. The van der Waals surface area contributed by atoms with Crippen LogP contribution in [0.2, 0.25) is 0 Å². The summed E-state index contributed by atoms with van der Waals surface area (Å²) in [7, 11) is 0. The van der Waals surface area contributed by atoms with E-state index < -0.39 is 0 Å². The van der Waals surface area contributed by atoms with Gasteiger partial charge in [0.05, 0.1) is 11.4 Å². The summed E-state index contributed by atoms with van der Waals surface area (Å²) in [6, 6.07) is 71.1. The fraction of sp³-hybridized carbons (Fsp3) is 0.111. The Hall–Kier alpha value is -6.64. The number of rotatable bonds is 6. The van der Waals surface area contributed by atoms with E-state index in [1.807, 2.05) is 0 Å². The van der Waals surface area contributed by atoms with Crippen LogP contribution in [0.1, 0.15) is 49.9 Å². The van der Waals surface area contributed by atoms with Gasteiger partial charge in [-0.3, -0.25) is 0 Å².